The van der Waals surface area contributed by atoms with Crippen molar-refractivity contribution in [3.05, 3.63) is 211 Å². The van der Waals surface area contributed by atoms with Gasteiger partial charge in [-0.3, -0.25) is 0 Å². The van der Waals surface area contributed by atoms with Gasteiger partial charge in [-0.1, -0.05) is 159 Å². The molecule has 0 spiro atoms. The van der Waals surface area contributed by atoms with Crippen molar-refractivity contribution >= 4 is 17.1 Å². The minimum Gasteiger partial charge on any atom is -0.311 e. The Morgan fingerprint density at radius 3 is 0.875 bits per heavy atom. The van der Waals surface area contributed by atoms with Crippen LogP contribution in [0.5, 0.6) is 0 Å². The lowest BCUT2D eigenvalue weighted by molar-refractivity contribution is -0.00527. The van der Waals surface area contributed by atoms with Crippen LogP contribution in [-0.2, 0) is 10.8 Å². The van der Waals surface area contributed by atoms with E-state index < -0.39 is 0 Å². The van der Waals surface area contributed by atoms with Gasteiger partial charge in [0.25, 0.3) is 0 Å². The molecule has 8 saturated carbocycles. The average molecular weight is 936 g/mol. The van der Waals surface area contributed by atoms with Crippen LogP contribution in [0, 0.1) is 35.5 Å². The molecule has 0 unspecified atom stereocenters. The normalized spacial score (nSPS) is 26.6. The summed E-state index contributed by atoms with van der Waals surface area (Å²) in [6, 6.07) is 74.8. The van der Waals surface area contributed by atoms with Crippen molar-refractivity contribution in [1.82, 2.24) is 0 Å². The zero-order valence-electron chi connectivity index (χ0n) is 42.4. The molecular weight excluding hydrogens is 867 g/mol. The number of nitrogens with zero attached hydrogens (tertiary/aromatic N) is 1. The van der Waals surface area contributed by atoms with E-state index in [9.17, 15) is 0 Å². The summed E-state index contributed by atoms with van der Waals surface area (Å²) in [5, 5.41) is 0. The Morgan fingerprint density at radius 2 is 0.569 bits per heavy atom. The topological polar surface area (TPSA) is 3.24 Å². The molecule has 8 aromatic carbocycles. The molecule has 0 heterocycles. The molecule has 8 aromatic rings. The largest absolute Gasteiger partial charge is 0.311 e. The van der Waals surface area contributed by atoms with Crippen LogP contribution in [0.4, 0.5) is 17.1 Å². The Labute approximate surface area is 429 Å². The molecule has 0 saturated heterocycles. The van der Waals surface area contributed by atoms with Crippen molar-refractivity contribution in [1.29, 1.82) is 0 Å². The maximum atomic E-state index is 2.61. The molecule has 0 amide bonds. The highest BCUT2D eigenvalue weighted by Gasteiger charge is 2.53. The molecule has 0 aromatic heterocycles. The third-order valence-corrected chi connectivity index (χ3v) is 19.3. The molecule has 1 nitrogen and oxygen atoms in total. The maximum absolute atomic E-state index is 2.61. The second-order valence-electron chi connectivity index (χ2n) is 24.5. The monoisotopic (exact) mass is 936 g/mol. The van der Waals surface area contributed by atoms with Gasteiger partial charge in [-0.2, -0.15) is 0 Å². The van der Waals surface area contributed by atoms with E-state index in [2.05, 4.69) is 213 Å². The summed E-state index contributed by atoms with van der Waals surface area (Å²) >= 11 is 0. The van der Waals surface area contributed by atoms with Crippen molar-refractivity contribution < 1.29 is 0 Å². The van der Waals surface area contributed by atoms with Gasteiger partial charge < -0.3 is 4.90 Å². The Balaban J connectivity index is 0.839. The number of hydrogen-bond donors (Lipinski definition) is 0. The van der Waals surface area contributed by atoms with Crippen LogP contribution >= 0.6 is 0 Å². The van der Waals surface area contributed by atoms with Crippen molar-refractivity contribution in [2.45, 2.75) is 108 Å². The lowest BCUT2D eigenvalue weighted by Gasteiger charge is -2.57. The molecule has 0 aliphatic heterocycles. The van der Waals surface area contributed by atoms with Gasteiger partial charge in [0.1, 0.15) is 0 Å². The van der Waals surface area contributed by atoms with E-state index in [0.29, 0.717) is 16.7 Å². The lowest BCUT2D eigenvalue weighted by Crippen LogP contribution is -2.48. The van der Waals surface area contributed by atoms with E-state index in [1.54, 1.807) is 11.1 Å². The standard InChI is InChI=1S/C71H69N/c1-47(2)54-13-15-58(16-14-54)62-36-64(40-66(38-62)71-44-51-32-52(45-71)34-53(33-51)46-71)60-21-27-69(28-22-60)72(67-23-17-57(18-24-67)55-9-5-3-6-10-55)68-25-19-59(20-26-68)63-35-61(56-11-7-4-8-12-56)37-65(39-63)70-41-48-29-49(42-70)31-50(30-48)43-70/h3-28,35-40,47-53H,29-34,41-46H2,1-2H3. The summed E-state index contributed by atoms with van der Waals surface area (Å²) < 4.78 is 0. The summed E-state index contributed by atoms with van der Waals surface area (Å²) in [5.74, 6) is 5.94. The smallest absolute Gasteiger partial charge is 0.0462 e. The zero-order chi connectivity index (χ0) is 48.0. The molecule has 16 rings (SSSR count). The Kier molecular flexibility index (Phi) is 10.9. The molecular formula is C71H69N. The highest BCUT2D eigenvalue weighted by Crippen LogP contribution is 2.63. The molecule has 358 valence electrons. The van der Waals surface area contributed by atoms with Crippen molar-refractivity contribution in [2.75, 3.05) is 4.90 Å². The van der Waals surface area contributed by atoms with Crippen molar-refractivity contribution in [3.63, 3.8) is 0 Å². The highest BCUT2D eigenvalue weighted by molar-refractivity contribution is 5.83. The van der Waals surface area contributed by atoms with Crippen LogP contribution in [0.3, 0.4) is 0 Å². The van der Waals surface area contributed by atoms with Gasteiger partial charge in [-0.05, 0) is 250 Å². The Morgan fingerprint density at radius 1 is 0.306 bits per heavy atom. The molecule has 8 fully saturated rings. The van der Waals surface area contributed by atoms with Gasteiger partial charge in [0.15, 0.2) is 0 Å². The van der Waals surface area contributed by atoms with Gasteiger partial charge >= 0.3 is 0 Å². The van der Waals surface area contributed by atoms with E-state index >= 15 is 0 Å². The van der Waals surface area contributed by atoms with Gasteiger partial charge in [0.05, 0.1) is 0 Å². The number of rotatable bonds is 11. The third kappa shape index (κ3) is 8.07. The minimum absolute atomic E-state index is 0.311. The third-order valence-electron chi connectivity index (χ3n) is 19.3. The van der Waals surface area contributed by atoms with Crippen LogP contribution in [0.15, 0.2) is 194 Å². The zero-order valence-corrected chi connectivity index (χ0v) is 42.4. The second kappa shape index (κ2) is 17.7. The molecule has 0 atom stereocenters. The quantitative estimate of drug-likeness (QED) is 0.125. The summed E-state index contributed by atoms with van der Waals surface area (Å²) in [7, 11) is 0. The molecule has 8 bridgehead atoms. The van der Waals surface area contributed by atoms with Crippen LogP contribution in [0.25, 0.3) is 55.6 Å². The van der Waals surface area contributed by atoms with E-state index in [-0.39, 0.29) is 0 Å². The van der Waals surface area contributed by atoms with E-state index in [0.717, 1.165) is 52.6 Å². The molecule has 0 radical (unpaired) electrons. The van der Waals surface area contributed by atoms with Gasteiger partial charge in [0.2, 0.25) is 0 Å². The van der Waals surface area contributed by atoms with Crippen LogP contribution in [0.2, 0.25) is 0 Å². The minimum atomic E-state index is 0.311. The van der Waals surface area contributed by atoms with Crippen molar-refractivity contribution in [2.24, 2.45) is 35.5 Å². The first-order chi connectivity index (χ1) is 35.3. The van der Waals surface area contributed by atoms with Crippen LogP contribution in [-0.4, -0.2) is 0 Å². The molecule has 8 aliphatic carbocycles. The van der Waals surface area contributed by atoms with E-state index in [1.165, 1.54) is 138 Å². The van der Waals surface area contributed by atoms with Gasteiger partial charge in [0, 0.05) is 17.1 Å². The maximum Gasteiger partial charge on any atom is 0.0462 e. The molecule has 0 N–H and O–H groups in total. The highest BCUT2D eigenvalue weighted by atomic mass is 15.1. The predicted octanol–water partition coefficient (Wildman–Crippen LogP) is 19.6. The fourth-order valence-corrected chi connectivity index (χ4v) is 16.6. The van der Waals surface area contributed by atoms with Crippen molar-refractivity contribution in [3.8, 4) is 55.6 Å². The fraction of sp³-hybridized carbons (Fsp3) is 0.324. The number of benzene rings is 8. The predicted molar refractivity (Wildman–Crippen MR) is 302 cm³/mol. The lowest BCUT2D eigenvalue weighted by atomic mass is 9.48. The number of hydrogen-bond acceptors (Lipinski definition) is 1. The van der Waals surface area contributed by atoms with E-state index in [1.807, 2.05) is 0 Å². The van der Waals surface area contributed by atoms with Crippen LogP contribution < -0.4 is 4.90 Å². The average Bonchev–Trinajstić information content (AvgIpc) is 3.41. The first-order valence-corrected chi connectivity index (χ1v) is 27.9. The second-order valence-corrected chi connectivity index (χ2v) is 24.5. The number of anilines is 3. The Bertz CT molecular complexity index is 3160. The fourth-order valence-electron chi connectivity index (χ4n) is 16.6. The van der Waals surface area contributed by atoms with E-state index in [4.69, 9.17) is 0 Å². The molecule has 1 heteroatoms. The molecule has 8 aliphatic rings. The SMILES string of the molecule is CC(C)c1ccc(-c2cc(-c3ccc(N(c4ccc(-c5ccccc5)cc4)c4ccc(-c5cc(-c6ccccc6)cc(C67CC8CC(CC(C8)C6)C7)c5)cc4)cc3)cc(C34CC5CC(CC(C5)C3)C4)c2)cc1. The molecule has 72 heavy (non-hydrogen) atoms. The summed E-state index contributed by atoms with van der Waals surface area (Å²) in [6.45, 7) is 4.59. The first-order valence-electron chi connectivity index (χ1n) is 27.9. The summed E-state index contributed by atoms with van der Waals surface area (Å²) in [6.07, 6.45) is 17.0. The van der Waals surface area contributed by atoms with Gasteiger partial charge in [-0.25, -0.2) is 0 Å². The Hall–Kier alpha value is -6.44. The van der Waals surface area contributed by atoms with Gasteiger partial charge in [-0.15, -0.1) is 0 Å². The van der Waals surface area contributed by atoms with Crippen LogP contribution in [0.1, 0.15) is 114 Å². The summed E-state index contributed by atoms with van der Waals surface area (Å²) in [4.78, 5) is 2.46. The first kappa shape index (κ1) is 44.3. The summed E-state index contributed by atoms with van der Waals surface area (Å²) in [5.41, 5.74) is 21.7.